The first-order chi connectivity index (χ1) is 9.67. The number of aromatic nitrogens is 2. The minimum Gasteiger partial charge on any atom is -0.394 e. The first-order valence-electron chi connectivity index (χ1n) is 7.38. The number of aliphatic hydroxyl groups is 1. The standard InChI is InChI=1S/C14H26N4O2/c1-4-5-15-8-13-11(2)16-17(3)14(13)18-6-7-20-12(9-18)10-19/h12,15,19H,4-10H2,1-3H3. The normalized spacial score (nSPS) is 19.6. The van der Waals surface area contributed by atoms with Crippen molar-refractivity contribution in [2.75, 3.05) is 37.7 Å². The molecule has 1 saturated heterocycles. The molecule has 1 aromatic heterocycles. The van der Waals surface area contributed by atoms with Crippen molar-refractivity contribution in [3.05, 3.63) is 11.3 Å². The first-order valence-corrected chi connectivity index (χ1v) is 7.38. The van der Waals surface area contributed by atoms with E-state index < -0.39 is 0 Å². The number of aliphatic hydroxyl groups excluding tert-OH is 1. The van der Waals surface area contributed by atoms with Crippen molar-refractivity contribution < 1.29 is 9.84 Å². The molecule has 20 heavy (non-hydrogen) atoms. The van der Waals surface area contributed by atoms with E-state index in [1.54, 1.807) is 0 Å². The van der Waals surface area contributed by atoms with Gasteiger partial charge in [0.2, 0.25) is 0 Å². The van der Waals surface area contributed by atoms with Crippen LogP contribution in [0.1, 0.15) is 24.6 Å². The topological polar surface area (TPSA) is 62.6 Å². The Morgan fingerprint density at radius 3 is 3.00 bits per heavy atom. The van der Waals surface area contributed by atoms with E-state index in [1.807, 2.05) is 11.7 Å². The lowest BCUT2D eigenvalue weighted by Gasteiger charge is -2.34. The summed E-state index contributed by atoms with van der Waals surface area (Å²) in [6, 6.07) is 0. The number of rotatable bonds is 6. The zero-order valence-electron chi connectivity index (χ0n) is 12.7. The van der Waals surface area contributed by atoms with Gasteiger partial charge in [0.15, 0.2) is 0 Å². The van der Waals surface area contributed by atoms with E-state index in [0.29, 0.717) is 6.61 Å². The second kappa shape index (κ2) is 7.06. The van der Waals surface area contributed by atoms with Crippen LogP contribution in [0.15, 0.2) is 0 Å². The van der Waals surface area contributed by atoms with Crippen LogP contribution in [0.3, 0.4) is 0 Å². The summed E-state index contributed by atoms with van der Waals surface area (Å²) in [4.78, 5) is 2.27. The SMILES string of the molecule is CCCNCc1c(C)nn(C)c1N1CCOC(CO)C1. The van der Waals surface area contributed by atoms with E-state index in [9.17, 15) is 5.11 Å². The molecule has 0 spiro atoms. The Morgan fingerprint density at radius 1 is 1.50 bits per heavy atom. The van der Waals surface area contributed by atoms with Crippen LogP contribution >= 0.6 is 0 Å². The Labute approximate surface area is 120 Å². The predicted molar refractivity (Wildman–Crippen MR) is 79.0 cm³/mol. The summed E-state index contributed by atoms with van der Waals surface area (Å²) in [5, 5.41) is 17.3. The Hall–Kier alpha value is -1.11. The molecule has 0 saturated carbocycles. The quantitative estimate of drug-likeness (QED) is 0.741. The molecule has 0 bridgehead atoms. The molecular formula is C14H26N4O2. The highest BCUT2D eigenvalue weighted by Crippen LogP contribution is 2.25. The second-order valence-electron chi connectivity index (χ2n) is 5.31. The van der Waals surface area contributed by atoms with Gasteiger partial charge in [-0.05, 0) is 19.9 Å². The van der Waals surface area contributed by atoms with E-state index in [2.05, 4.69) is 29.2 Å². The van der Waals surface area contributed by atoms with Gasteiger partial charge in [-0.15, -0.1) is 0 Å². The van der Waals surface area contributed by atoms with Gasteiger partial charge in [-0.2, -0.15) is 5.10 Å². The lowest BCUT2D eigenvalue weighted by Crippen LogP contribution is -2.45. The maximum Gasteiger partial charge on any atom is 0.131 e. The van der Waals surface area contributed by atoms with Gasteiger partial charge in [0.25, 0.3) is 0 Å². The molecule has 1 fully saturated rings. The van der Waals surface area contributed by atoms with Crippen LogP contribution in [0.2, 0.25) is 0 Å². The molecule has 1 unspecified atom stereocenters. The third-order valence-electron chi connectivity index (χ3n) is 3.68. The maximum absolute atomic E-state index is 9.29. The molecule has 0 amide bonds. The Morgan fingerprint density at radius 2 is 2.30 bits per heavy atom. The lowest BCUT2D eigenvalue weighted by molar-refractivity contribution is 0.00314. The van der Waals surface area contributed by atoms with Gasteiger partial charge in [-0.25, -0.2) is 0 Å². The summed E-state index contributed by atoms with van der Waals surface area (Å²) in [5.74, 6) is 1.15. The van der Waals surface area contributed by atoms with Crippen molar-refractivity contribution in [2.24, 2.45) is 7.05 Å². The molecule has 2 rings (SSSR count). The van der Waals surface area contributed by atoms with Crippen molar-refractivity contribution in [3.63, 3.8) is 0 Å². The van der Waals surface area contributed by atoms with Crippen LogP contribution in [0, 0.1) is 6.92 Å². The van der Waals surface area contributed by atoms with E-state index in [-0.39, 0.29) is 12.7 Å². The zero-order chi connectivity index (χ0) is 14.5. The molecular weight excluding hydrogens is 256 g/mol. The van der Waals surface area contributed by atoms with Gasteiger partial charge in [-0.1, -0.05) is 6.92 Å². The molecule has 2 N–H and O–H groups in total. The second-order valence-corrected chi connectivity index (χ2v) is 5.31. The summed E-state index contributed by atoms with van der Waals surface area (Å²) in [7, 11) is 1.98. The number of aryl methyl sites for hydroxylation is 2. The van der Waals surface area contributed by atoms with Crippen molar-refractivity contribution in [3.8, 4) is 0 Å². The highest BCUT2D eigenvalue weighted by molar-refractivity contribution is 5.50. The summed E-state index contributed by atoms with van der Waals surface area (Å²) in [6.07, 6.45) is 1.02. The van der Waals surface area contributed by atoms with Gasteiger partial charge in [0.05, 0.1) is 25.0 Å². The van der Waals surface area contributed by atoms with E-state index in [4.69, 9.17) is 4.74 Å². The van der Waals surface area contributed by atoms with Crippen LogP contribution in [0.25, 0.3) is 0 Å². The fraction of sp³-hybridized carbons (Fsp3) is 0.786. The summed E-state index contributed by atoms with van der Waals surface area (Å²) in [5.41, 5.74) is 2.32. The molecule has 2 heterocycles. The average Bonchev–Trinajstić information content (AvgIpc) is 2.73. The van der Waals surface area contributed by atoms with Gasteiger partial charge in [0.1, 0.15) is 5.82 Å². The van der Waals surface area contributed by atoms with Crippen LogP contribution in [0.4, 0.5) is 5.82 Å². The molecule has 1 atom stereocenters. The number of anilines is 1. The van der Waals surface area contributed by atoms with Gasteiger partial charge >= 0.3 is 0 Å². The fourth-order valence-corrected chi connectivity index (χ4v) is 2.70. The van der Waals surface area contributed by atoms with Crippen molar-refractivity contribution in [2.45, 2.75) is 32.9 Å². The smallest absolute Gasteiger partial charge is 0.131 e. The monoisotopic (exact) mass is 282 g/mol. The minimum atomic E-state index is -0.101. The van der Waals surface area contributed by atoms with Gasteiger partial charge < -0.3 is 20.1 Å². The lowest BCUT2D eigenvalue weighted by atomic mass is 10.2. The first kappa shape index (κ1) is 15.3. The van der Waals surface area contributed by atoms with E-state index in [1.165, 1.54) is 5.56 Å². The number of morpholine rings is 1. The molecule has 0 aliphatic carbocycles. The largest absolute Gasteiger partial charge is 0.394 e. The summed E-state index contributed by atoms with van der Waals surface area (Å²) in [6.45, 7) is 8.34. The highest BCUT2D eigenvalue weighted by Gasteiger charge is 2.25. The third kappa shape index (κ3) is 3.31. The molecule has 114 valence electrons. The van der Waals surface area contributed by atoms with Crippen molar-refractivity contribution >= 4 is 5.82 Å². The Balaban J connectivity index is 2.16. The van der Waals surface area contributed by atoms with Crippen LogP contribution in [0.5, 0.6) is 0 Å². The molecule has 0 aromatic carbocycles. The molecule has 1 aliphatic heterocycles. The molecule has 1 aliphatic rings. The molecule has 6 heteroatoms. The van der Waals surface area contributed by atoms with Crippen molar-refractivity contribution in [1.82, 2.24) is 15.1 Å². The number of nitrogens with one attached hydrogen (secondary N) is 1. The van der Waals surface area contributed by atoms with Gasteiger partial charge in [0, 0.05) is 32.2 Å². The number of hydrogen-bond donors (Lipinski definition) is 2. The van der Waals surface area contributed by atoms with E-state index in [0.717, 1.165) is 44.1 Å². The molecule has 6 nitrogen and oxygen atoms in total. The van der Waals surface area contributed by atoms with Crippen LogP contribution in [-0.4, -0.2) is 53.8 Å². The maximum atomic E-state index is 9.29. The van der Waals surface area contributed by atoms with E-state index >= 15 is 0 Å². The van der Waals surface area contributed by atoms with Crippen LogP contribution in [-0.2, 0) is 18.3 Å². The zero-order valence-corrected chi connectivity index (χ0v) is 12.7. The van der Waals surface area contributed by atoms with Gasteiger partial charge in [-0.3, -0.25) is 4.68 Å². The highest BCUT2D eigenvalue weighted by atomic mass is 16.5. The molecule has 1 aromatic rings. The Bertz CT molecular complexity index is 433. The third-order valence-corrected chi connectivity index (χ3v) is 3.68. The number of hydrogen-bond acceptors (Lipinski definition) is 5. The van der Waals surface area contributed by atoms with Crippen molar-refractivity contribution in [1.29, 1.82) is 0 Å². The Kier molecular flexibility index (Phi) is 5.39. The predicted octanol–water partition coefficient (Wildman–Crippen LogP) is 0.426. The number of ether oxygens (including phenoxy) is 1. The summed E-state index contributed by atoms with van der Waals surface area (Å²) < 4.78 is 7.47. The number of nitrogens with zero attached hydrogens (tertiary/aromatic N) is 3. The fourth-order valence-electron chi connectivity index (χ4n) is 2.70. The molecule has 0 radical (unpaired) electrons. The minimum absolute atomic E-state index is 0.0662. The summed E-state index contributed by atoms with van der Waals surface area (Å²) >= 11 is 0. The average molecular weight is 282 g/mol. The van der Waals surface area contributed by atoms with Crippen LogP contribution < -0.4 is 10.2 Å².